The summed E-state index contributed by atoms with van der Waals surface area (Å²) < 4.78 is 2.06. The number of aromatic hydroxyl groups is 1. The Morgan fingerprint density at radius 3 is 2.55 bits per heavy atom. The van der Waals surface area contributed by atoms with E-state index in [0.717, 1.165) is 46.7 Å². The van der Waals surface area contributed by atoms with E-state index in [4.69, 9.17) is 0 Å². The zero-order valence-corrected chi connectivity index (χ0v) is 15.4. The van der Waals surface area contributed by atoms with Crippen molar-refractivity contribution in [1.82, 2.24) is 14.5 Å². The van der Waals surface area contributed by atoms with E-state index in [0.29, 0.717) is 5.69 Å². The number of benzene rings is 2. The van der Waals surface area contributed by atoms with Gasteiger partial charge in [-0.2, -0.15) is 0 Å². The first-order valence-electron chi connectivity index (χ1n) is 9.30. The van der Waals surface area contributed by atoms with E-state index >= 15 is 0 Å². The smallest absolute Gasteiger partial charge is 0.339 e. The van der Waals surface area contributed by atoms with E-state index < -0.39 is 5.97 Å². The maximum atomic E-state index is 11.6. The highest BCUT2D eigenvalue weighted by molar-refractivity contribution is 5.91. The first-order chi connectivity index (χ1) is 14.1. The van der Waals surface area contributed by atoms with Gasteiger partial charge in [0.2, 0.25) is 0 Å². The molecule has 0 bridgehead atoms. The lowest BCUT2D eigenvalue weighted by atomic mass is 9.97. The van der Waals surface area contributed by atoms with Crippen molar-refractivity contribution < 1.29 is 15.0 Å². The van der Waals surface area contributed by atoms with Gasteiger partial charge in [0.05, 0.1) is 17.1 Å². The van der Waals surface area contributed by atoms with Crippen LogP contribution in [0.15, 0.2) is 67.0 Å². The van der Waals surface area contributed by atoms with Gasteiger partial charge >= 0.3 is 5.97 Å². The number of carboxylic acid groups (broad SMARTS) is 1. The Balaban J connectivity index is 1.81. The van der Waals surface area contributed by atoms with Gasteiger partial charge in [-0.1, -0.05) is 30.3 Å². The molecule has 1 aliphatic rings. The third kappa shape index (κ3) is 2.77. The Labute approximate surface area is 166 Å². The van der Waals surface area contributed by atoms with Gasteiger partial charge in [0.15, 0.2) is 0 Å². The number of nitrogens with zero attached hydrogens (tertiary/aromatic N) is 3. The Morgan fingerprint density at radius 2 is 1.76 bits per heavy atom. The highest BCUT2D eigenvalue weighted by atomic mass is 16.4. The lowest BCUT2D eigenvalue weighted by Crippen LogP contribution is -2.11. The molecule has 0 aliphatic heterocycles. The number of aromatic carboxylic acids is 1. The van der Waals surface area contributed by atoms with E-state index in [-0.39, 0.29) is 11.3 Å². The van der Waals surface area contributed by atoms with Gasteiger partial charge in [-0.25, -0.2) is 4.79 Å². The van der Waals surface area contributed by atoms with Crippen molar-refractivity contribution in [2.75, 3.05) is 0 Å². The van der Waals surface area contributed by atoms with Crippen LogP contribution in [0.2, 0.25) is 0 Å². The number of rotatable bonds is 3. The molecule has 0 amide bonds. The van der Waals surface area contributed by atoms with Crippen LogP contribution in [0.25, 0.3) is 28.2 Å². The quantitative estimate of drug-likeness (QED) is 0.556. The molecule has 6 nitrogen and oxygen atoms in total. The van der Waals surface area contributed by atoms with Gasteiger partial charge < -0.3 is 14.8 Å². The normalized spacial score (nSPS) is 12.3. The van der Waals surface area contributed by atoms with Crippen molar-refractivity contribution in [2.24, 2.45) is 0 Å². The lowest BCUT2D eigenvalue weighted by molar-refractivity contribution is 0.0693. The molecule has 29 heavy (non-hydrogen) atoms. The van der Waals surface area contributed by atoms with Crippen molar-refractivity contribution in [3.8, 4) is 34.0 Å². The molecule has 0 atom stereocenters. The summed E-state index contributed by atoms with van der Waals surface area (Å²) in [5.74, 6) is -1.41. The molecule has 0 fully saturated rings. The Morgan fingerprint density at radius 1 is 0.966 bits per heavy atom. The van der Waals surface area contributed by atoms with E-state index in [9.17, 15) is 15.0 Å². The van der Waals surface area contributed by atoms with E-state index in [1.165, 1.54) is 12.1 Å². The van der Waals surface area contributed by atoms with Crippen molar-refractivity contribution in [3.63, 3.8) is 0 Å². The SMILES string of the molecule is O=C(O)c1cc(-n2c(-c3ccccc3)cc3c2CCc2nccnc2-3)ccc1O. The maximum absolute atomic E-state index is 11.6. The van der Waals surface area contributed by atoms with Gasteiger partial charge in [-0.3, -0.25) is 9.97 Å². The van der Waals surface area contributed by atoms with Gasteiger partial charge in [-0.15, -0.1) is 0 Å². The fourth-order valence-electron chi connectivity index (χ4n) is 3.96. The molecule has 5 rings (SSSR count). The van der Waals surface area contributed by atoms with Gasteiger partial charge in [0.1, 0.15) is 11.3 Å². The number of carboxylic acids is 1. The number of carbonyl (C=O) groups is 1. The molecule has 0 saturated heterocycles. The van der Waals surface area contributed by atoms with Crippen LogP contribution in [-0.4, -0.2) is 30.7 Å². The second-order valence-electron chi connectivity index (χ2n) is 6.95. The number of aromatic nitrogens is 3. The standard InChI is InChI=1S/C23H17N3O3/c27-21-9-6-15(12-17(21)23(28)29)26-19-8-7-18-22(25-11-10-24-18)16(19)13-20(26)14-4-2-1-3-5-14/h1-6,9-13,27H,7-8H2,(H,28,29). The molecule has 2 aromatic carbocycles. The van der Waals surface area contributed by atoms with Gasteiger partial charge in [0.25, 0.3) is 0 Å². The summed E-state index contributed by atoms with van der Waals surface area (Å²) in [4.78, 5) is 20.6. The number of hydrogen-bond acceptors (Lipinski definition) is 4. The molecule has 0 radical (unpaired) electrons. The predicted molar refractivity (Wildman–Crippen MR) is 108 cm³/mol. The van der Waals surface area contributed by atoms with Crippen molar-refractivity contribution >= 4 is 5.97 Å². The summed E-state index contributed by atoms with van der Waals surface area (Å²) >= 11 is 0. The molecular formula is C23H17N3O3. The van der Waals surface area contributed by atoms with Crippen LogP contribution in [-0.2, 0) is 12.8 Å². The average molecular weight is 383 g/mol. The van der Waals surface area contributed by atoms with Crippen molar-refractivity contribution in [1.29, 1.82) is 0 Å². The summed E-state index contributed by atoms with van der Waals surface area (Å²) in [5.41, 5.74) is 6.40. The van der Waals surface area contributed by atoms with Crippen LogP contribution < -0.4 is 0 Å². The topological polar surface area (TPSA) is 88.2 Å². The van der Waals surface area contributed by atoms with Crippen LogP contribution in [0.4, 0.5) is 0 Å². The van der Waals surface area contributed by atoms with E-state index in [1.807, 2.05) is 30.3 Å². The number of hydrogen-bond donors (Lipinski definition) is 2. The van der Waals surface area contributed by atoms with E-state index in [2.05, 4.69) is 20.6 Å². The number of phenols is 1. The Hall–Kier alpha value is -3.93. The third-order valence-electron chi connectivity index (χ3n) is 5.27. The summed E-state index contributed by atoms with van der Waals surface area (Å²) in [6, 6.07) is 16.7. The predicted octanol–water partition coefficient (Wildman–Crippen LogP) is 4.10. The maximum Gasteiger partial charge on any atom is 0.339 e. The Bertz CT molecular complexity index is 1250. The van der Waals surface area contributed by atoms with Crippen LogP contribution in [0.5, 0.6) is 5.75 Å². The molecular weight excluding hydrogens is 366 g/mol. The minimum absolute atomic E-state index is 0.125. The second-order valence-corrected chi connectivity index (χ2v) is 6.95. The monoisotopic (exact) mass is 383 g/mol. The number of fused-ring (bicyclic) bond motifs is 3. The van der Waals surface area contributed by atoms with Gasteiger partial charge in [-0.05, 0) is 42.7 Å². The second kappa shape index (κ2) is 6.60. The molecule has 6 heteroatoms. The first-order valence-corrected chi connectivity index (χ1v) is 9.30. The summed E-state index contributed by atoms with van der Waals surface area (Å²) in [6.45, 7) is 0. The minimum atomic E-state index is -1.16. The molecule has 1 aliphatic carbocycles. The zero-order valence-electron chi connectivity index (χ0n) is 15.4. The highest BCUT2D eigenvalue weighted by Gasteiger charge is 2.26. The molecule has 0 saturated carbocycles. The molecule has 4 aromatic rings. The number of aryl methyl sites for hydroxylation is 1. The largest absolute Gasteiger partial charge is 0.507 e. The Kier molecular flexibility index (Phi) is 3.91. The van der Waals surface area contributed by atoms with Gasteiger partial charge in [0, 0.05) is 29.3 Å². The molecule has 2 heterocycles. The summed E-state index contributed by atoms with van der Waals surface area (Å²) in [6.07, 6.45) is 4.92. The fraction of sp³-hybridized carbons (Fsp3) is 0.0870. The van der Waals surface area contributed by atoms with E-state index in [1.54, 1.807) is 18.5 Å². The van der Waals surface area contributed by atoms with Crippen molar-refractivity contribution in [2.45, 2.75) is 12.8 Å². The first kappa shape index (κ1) is 17.2. The molecule has 142 valence electrons. The summed E-state index contributed by atoms with van der Waals surface area (Å²) in [7, 11) is 0. The minimum Gasteiger partial charge on any atom is -0.507 e. The highest BCUT2D eigenvalue weighted by Crippen LogP contribution is 2.39. The fourth-order valence-corrected chi connectivity index (χ4v) is 3.96. The molecule has 0 unspecified atom stereocenters. The average Bonchev–Trinajstić information content (AvgIpc) is 3.15. The van der Waals surface area contributed by atoms with Crippen LogP contribution >= 0.6 is 0 Å². The third-order valence-corrected chi connectivity index (χ3v) is 5.27. The van der Waals surface area contributed by atoms with Crippen LogP contribution in [0.1, 0.15) is 21.7 Å². The molecule has 2 N–H and O–H groups in total. The van der Waals surface area contributed by atoms with Crippen LogP contribution in [0.3, 0.4) is 0 Å². The summed E-state index contributed by atoms with van der Waals surface area (Å²) in [5, 5.41) is 19.4. The lowest BCUT2D eigenvalue weighted by Gasteiger charge is -2.19. The molecule has 2 aromatic heterocycles. The van der Waals surface area contributed by atoms with Crippen molar-refractivity contribution in [3.05, 3.63) is 83.9 Å². The zero-order chi connectivity index (χ0) is 20.0. The molecule has 0 spiro atoms. The van der Waals surface area contributed by atoms with Crippen LogP contribution in [0, 0.1) is 0 Å².